The average molecular weight is 271 g/mol. The lowest BCUT2D eigenvalue weighted by atomic mass is 10.2. The summed E-state index contributed by atoms with van der Waals surface area (Å²) < 4.78 is 5.34. The molecule has 1 aromatic carbocycles. The van der Waals surface area contributed by atoms with Crippen molar-refractivity contribution in [2.75, 3.05) is 0 Å². The highest BCUT2D eigenvalue weighted by Crippen LogP contribution is 2.17. The molecule has 88 valence electrons. The first-order valence-electron chi connectivity index (χ1n) is 4.77. The fourth-order valence-corrected chi connectivity index (χ4v) is 1.62. The largest absolute Gasteiger partial charge is 0.472 e. The molecule has 0 unspecified atom stereocenters. The van der Waals surface area contributed by atoms with E-state index >= 15 is 0 Å². The molecular weight excluding hydrogens is 263 g/mol. The number of aromatic nitrogens is 2. The highest BCUT2D eigenvalue weighted by Gasteiger charge is 2.07. The summed E-state index contributed by atoms with van der Waals surface area (Å²) >= 11 is 11.6. The van der Waals surface area contributed by atoms with E-state index in [1.54, 1.807) is 12.1 Å². The van der Waals surface area contributed by atoms with E-state index < -0.39 is 5.56 Å². The van der Waals surface area contributed by atoms with Crippen molar-refractivity contribution in [3.63, 3.8) is 0 Å². The monoisotopic (exact) mass is 270 g/mol. The molecule has 2 aromatic rings. The van der Waals surface area contributed by atoms with Gasteiger partial charge in [0, 0.05) is 5.02 Å². The number of aromatic amines is 1. The zero-order chi connectivity index (χ0) is 12.3. The lowest BCUT2D eigenvalue weighted by Crippen LogP contribution is -2.09. The third-order valence-electron chi connectivity index (χ3n) is 2.03. The number of rotatable bonds is 3. The maximum absolute atomic E-state index is 11.2. The molecule has 1 heterocycles. The van der Waals surface area contributed by atoms with Crippen LogP contribution in [0.1, 0.15) is 5.56 Å². The molecule has 0 saturated heterocycles. The zero-order valence-electron chi connectivity index (χ0n) is 8.61. The normalized spacial score (nSPS) is 10.2. The summed E-state index contributed by atoms with van der Waals surface area (Å²) in [5.41, 5.74) is 0.443. The number of hydrogen-bond acceptors (Lipinski definition) is 3. The molecule has 4 nitrogen and oxygen atoms in total. The van der Waals surface area contributed by atoms with Crippen LogP contribution in [-0.4, -0.2) is 9.97 Å². The summed E-state index contributed by atoms with van der Waals surface area (Å²) in [4.78, 5) is 17.4. The molecule has 1 N–H and O–H groups in total. The summed E-state index contributed by atoms with van der Waals surface area (Å²) in [6, 6.07) is 7.20. The molecule has 0 aliphatic rings. The second-order valence-corrected chi connectivity index (χ2v) is 4.08. The fourth-order valence-electron chi connectivity index (χ4n) is 1.25. The fraction of sp³-hybridized carbons (Fsp3) is 0.0909. The molecular formula is C11H8Cl2N2O2. The van der Waals surface area contributed by atoms with Gasteiger partial charge >= 0.3 is 0 Å². The van der Waals surface area contributed by atoms with Gasteiger partial charge < -0.3 is 9.72 Å². The van der Waals surface area contributed by atoms with Gasteiger partial charge in [-0.25, -0.2) is 4.98 Å². The van der Waals surface area contributed by atoms with Crippen molar-refractivity contribution in [2.24, 2.45) is 0 Å². The highest BCUT2D eigenvalue weighted by atomic mass is 35.5. The summed E-state index contributed by atoms with van der Waals surface area (Å²) in [6.45, 7) is 0.247. The Balaban J connectivity index is 2.13. The van der Waals surface area contributed by atoms with Crippen molar-refractivity contribution >= 4 is 23.2 Å². The van der Waals surface area contributed by atoms with Gasteiger partial charge in [-0.05, 0) is 17.7 Å². The Kier molecular flexibility index (Phi) is 3.66. The number of benzene rings is 1. The lowest BCUT2D eigenvalue weighted by molar-refractivity contribution is 0.293. The van der Waals surface area contributed by atoms with E-state index in [-0.39, 0.29) is 17.5 Å². The van der Waals surface area contributed by atoms with Crippen LogP contribution in [0.4, 0.5) is 0 Å². The first-order chi connectivity index (χ1) is 8.16. The Labute approximate surface area is 107 Å². The van der Waals surface area contributed by atoms with Gasteiger partial charge in [-0.1, -0.05) is 35.3 Å². The number of ether oxygens (including phenoxy) is 1. The van der Waals surface area contributed by atoms with Crippen LogP contribution in [0.25, 0.3) is 0 Å². The smallest absolute Gasteiger partial charge is 0.273 e. The first kappa shape index (κ1) is 12.0. The molecule has 0 spiro atoms. The van der Waals surface area contributed by atoms with E-state index in [9.17, 15) is 4.79 Å². The van der Waals surface area contributed by atoms with Gasteiger partial charge in [0.25, 0.3) is 5.56 Å². The lowest BCUT2D eigenvalue weighted by Gasteiger charge is -2.06. The molecule has 2 rings (SSSR count). The standard InChI is InChI=1S/C11H8Cl2N2O2/c12-8-3-1-2-7(4-8)5-17-11-9(13)10(16)14-6-15-11/h1-4,6H,5H2,(H,14,15,16). The van der Waals surface area contributed by atoms with Crippen molar-refractivity contribution in [1.82, 2.24) is 9.97 Å². The topological polar surface area (TPSA) is 55.0 Å². The van der Waals surface area contributed by atoms with Crippen LogP contribution in [0, 0.1) is 0 Å². The Morgan fingerprint density at radius 2 is 2.18 bits per heavy atom. The van der Waals surface area contributed by atoms with Crippen molar-refractivity contribution in [2.45, 2.75) is 6.61 Å². The van der Waals surface area contributed by atoms with Crippen LogP contribution in [0.2, 0.25) is 10.0 Å². The molecule has 0 amide bonds. The molecule has 0 radical (unpaired) electrons. The Bertz CT molecular complexity index is 584. The Morgan fingerprint density at radius 3 is 2.94 bits per heavy atom. The molecule has 0 aliphatic carbocycles. The predicted octanol–water partition coefficient (Wildman–Crippen LogP) is 2.66. The van der Waals surface area contributed by atoms with Crippen molar-refractivity contribution in [3.05, 3.63) is 56.6 Å². The van der Waals surface area contributed by atoms with E-state index in [0.29, 0.717) is 5.02 Å². The van der Waals surface area contributed by atoms with Crippen LogP contribution in [0.5, 0.6) is 5.88 Å². The zero-order valence-corrected chi connectivity index (χ0v) is 10.1. The minimum atomic E-state index is -0.428. The number of H-pyrrole nitrogens is 1. The minimum absolute atomic E-state index is 0.0606. The van der Waals surface area contributed by atoms with Crippen LogP contribution in [0.15, 0.2) is 35.4 Å². The molecule has 0 bridgehead atoms. The quantitative estimate of drug-likeness (QED) is 0.933. The van der Waals surface area contributed by atoms with Gasteiger partial charge in [-0.15, -0.1) is 0 Å². The first-order valence-corrected chi connectivity index (χ1v) is 5.53. The number of nitrogens with one attached hydrogen (secondary N) is 1. The van der Waals surface area contributed by atoms with Crippen molar-refractivity contribution < 1.29 is 4.74 Å². The Hall–Kier alpha value is -1.52. The third kappa shape index (κ3) is 2.99. The highest BCUT2D eigenvalue weighted by molar-refractivity contribution is 6.31. The SMILES string of the molecule is O=c1[nH]cnc(OCc2cccc(Cl)c2)c1Cl. The van der Waals surface area contributed by atoms with Gasteiger partial charge in [0.05, 0.1) is 6.33 Å². The maximum Gasteiger partial charge on any atom is 0.273 e. The molecule has 1 aromatic heterocycles. The van der Waals surface area contributed by atoms with E-state index in [0.717, 1.165) is 5.56 Å². The second-order valence-electron chi connectivity index (χ2n) is 3.27. The van der Waals surface area contributed by atoms with E-state index in [4.69, 9.17) is 27.9 Å². The second kappa shape index (κ2) is 5.21. The summed E-state index contributed by atoms with van der Waals surface area (Å²) in [6.07, 6.45) is 1.24. The predicted molar refractivity (Wildman–Crippen MR) is 65.7 cm³/mol. The van der Waals surface area contributed by atoms with Crippen LogP contribution in [-0.2, 0) is 6.61 Å². The number of nitrogens with zero attached hydrogens (tertiary/aromatic N) is 1. The van der Waals surface area contributed by atoms with E-state index in [1.165, 1.54) is 6.33 Å². The van der Waals surface area contributed by atoms with Gasteiger partial charge in [0.1, 0.15) is 6.61 Å². The minimum Gasteiger partial charge on any atom is -0.472 e. The summed E-state index contributed by atoms with van der Waals surface area (Å²) in [7, 11) is 0. The van der Waals surface area contributed by atoms with Crippen LogP contribution < -0.4 is 10.3 Å². The van der Waals surface area contributed by atoms with Gasteiger partial charge in [0.15, 0.2) is 5.02 Å². The summed E-state index contributed by atoms with van der Waals surface area (Å²) in [5, 5.41) is 0.561. The summed E-state index contributed by atoms with van der Waals surface area (Å²) in [5.74, 6) is 0.107. The van der Waals surface area contributed by atoms with E-state index in [1.807, 2.05) is 12.1 Å². The van der Waals surface area contributed by atoms with Gasteiger partial charge in [-0.2, -0.15) is 0 Å². The maximum atomic E-state index is 11.2. The molecule has 17 heavy (non-hydrogen) atoms. The number of halogens is 2. The van der Waals surface area contributed by atoms with Gasteiger partial charge in [-0.3, -0.25) is 4.79 Å². The van der Waals surface area contributed by atoms with Crippen molar-refractivity contribution in [3.8, 4) is 5.88 Å². The molecule has 0 aliphatic heterocycles. The van der Waals surface area contributed by atoms with Crippen LogP contribution >= 0.6 is 23.2 Å². The van der Waals surface area contributed by atoms with Crippen LogP contribution in [0.3, 0.4) is 0 Å². The molecule has 0 saturated carbocycles. The molecule has 0 atom stereocenters. The Morgan fingerprint density at radius 1 is 1.35 bits per heavy atom. The molecule has 6 heteroatoms. The third-order valence-corrected chi connectivity index (χ3v) is 2.60. The average Bonchev–Trinajstić information content (AvgIpc) is 2.31. The van der Waals surface area contributed by atoms with Crippen molar-refractivity contribution in [1.29, 1.82) is 0 Å². The van der Waals surface area contributed by atoms with E-state index in [2.05, 4.69) is 9.97 Å². The van der Waals surface area contributed by atoms with Gasteiger partial charge in [0.2, 0.25) is 5.88 Å². The number of hydrogen-bond donors (Lipinski definition) is 1. The molecule has 0 fully saturated rings.